The third-order valence-corrected chi connectivity index (χ3v) is 4.19. The maximum Gasteiger partial charge on any atom is 0.241 e. The molecule has 0 amide bonds. The summed E-state index contributed by atoms with van der Waals surface area (Å²) in [5, 5.41) is 0. The molecule has 102 valence electrons. The molecule has 0 spiro atoms. The van der Waals surface area contributed by atoms with E-state index in [1.807, 2.05) is 6.08 Å². The van der Waals surface area contributed by atoms with Crippen molar-refractivity contribution in [3.63, 3.8) is 0 Å². The maximum atomic E-state index is 6.33. The molecular formula is C16H28OSi. The van der Waals surface area contributed by atoms with Gasteiger partial charge in [0.1, 0.15) is 0 Å². The summed E-state index contributed by atoms with van der Waals surface area (Å²) in [5.41, 5.74) is 3.02. The van der Waals surface area contributed by atoms with Gasteiger partial charge in [0.2, 0.25) is 8.32 Å². The second kappa shape index (κ2) is 5.48. The number of hydrogen-bond acceptors (Lipinski definition) is 1. The van der Waals surface area contributed by atoms with Crippen molar-refractivity contribution in [3.05, 3.63) is 35.6 Å². The molecule has 0 aliphatic heterocycles. The smallest absolute Gasteiger partial charge is 0.241 e. The Bertz CT molecular complexity index is 380. The Morgan fingerprint density at radius 1 is 1.44 bits per heavy atom. The van der Waals surface area contributed by atoms with Gasteiger partial charge in [0.25, 0.3) is 0 Å². The minimum Gasteiger partial charge on any atom is -0.547 e. The molecule has 0 heterocycles. The molecule has 0 N–H and O–H groups in total. The lowest BCUT2D eigenvalue weighted by molar-refractivity contribution is 0.346. The van der Waals surface area contributed by atoms with Crippen LogP contribution in [0.5, 0.6) is 0 Å². The molecule has 0 atom stereocenters. The van der Waals surface area contributed by atoms with E-state index in [1.165, 1.54) is 24.0 Å². The fraction of sp³-hybridized carbons (Fsp3) is 0.625. The average Bonchev–Trinajstić information content (AvgIpc) is 2.13. The zero-order chi connectivity index (χ0) is 14.0. The van der Waals surface area contributed by atoms with Crippen LogP contribution in [-0.4, -0.2) is 8.32 Å². The summed E-state index contributed by atoms with van der Waals surface area (Å²) in [5.74, 6) is 1.16. The van der Waals surface area contributed by atoms with Crippen LogP contribution < -0.4 is 0 Å². The Kier molecular flexibility index (Phi) is 4.65. The van der Waals surface area contributed by atoms with Crippen LogP contribution in [0.3, 0.4) is 0 Å². The molecule has 0 unspecified atom stereocenters. The molecule has 0 radical (unpaired) electrons. The first-order valence-electron chi connectivity index (χ1n) is 6.88. The lowest BCUT2D eigenvalue weighted by Gasteiger charge is -2.36. The Labute approximate surface area is 114 Å². The summed E-state index contributed by atoms with van der Waals surface area (Å²) < 4.78 is 6.33. The fourth-order valence-corrected chi connectivity index (χ4v) is 3.63. The Balaban J connectivity index is 3.26. The molecule has 0 aromatic rings. The van der Waals surface area contributed by atoms with Crippen molar-refractivity contribution < 1.29 is 4.43 Å². The molecule has 0 bridgehead atoms. The van der Waals surface area contributed by atoms with E-state index in [0.29, 0.717) is 0 Å². The topological polar surface area (TPSA) is 9.23 Å². The van der Waals surface area contributed by atoms with Gasteiger partial charge in [-0.15, -0.1) is 6.58 Å². The highest BCUT2D eigenvalue weighted by atomic mass is 28.4. The number of rotatable bonds is 4. The highest BCUT2D eigenvalue weighted by Crippen LogP contribution is 2.43. The Morgan fingerprint density at radius 3 is 2.50 bits per heavy atom. The number of allylic oxidation sites excluding steroid dienone is 4. The predicted molar refractivity (Wildman–Crippen MR) is 83.0 cm³/mol. The van der Waals surface area contributed by atoms with E-state index < -0.39 is 8.32 Å². The summed E-state index contributed by atoms with van der Waals surface area (Å²) in [6.07, 6.45) is 7.53. The molecule has 0 fully saturated rings. The Hall–Kier alpha value is -0.763. The lowest BCUT2D eigenvalue weighted by atomic mass is 9.72. The van der Waals surface area contributed by atoms with E-state index in [0.717, 1.165) is 12.2 Å². The molecule has 1 aliphatic carbocycles. The third kappa shape index (κ3) is 3.87. The Morgan fingerprint density at radius 2 is 2.06 bits per heavy atom. The molecule has 1 nitrogen and oxygen atoms in total. The first kappa shape index (κ1) is 15.3. The standard InChI is InChI=1S/C16H28OSi/c1-8-10-14(17-18(5,6)7)15-13(2)11-9-12-16(15,3)4/h8,11H,1,9-10,12H2,2-7H3/b15-14-. The lowest BCUT2D eigenvalue weighted by Crippen LogP contribution is -2.28. The summed E-state index contributed by atoms with van der Waals surface area (Å²) >= 11 is 0. The average molecular weight is 264 g/mol. The molecule has 0 aromatic heterocycles. The van der Waals surface area contributed by atoms with Crippen molar-refractivity contribution in [2.75, 3.05) is 0 Å². The van der Waals surface area contributed by atoms with Gasteiger partial charge >= 0.3 is 0 Å². The van der Waals surface area contributed by atoms with Gasteiger partial charge in [-0.2, -0.15) is 0 Å². The van der Waals surface area contributed by atoms with Crippen LogP contribution in [-0.2, 0) is 4.43 Å². The second-order valence-corrected chi connectivity index (χ2v) is 11.2. The van der Waals surface area contributed by atoms with Gasteiger partial charge in [-0.05, 0) is 56.0 Å². The molecule has 0 saturated carbocycles. The van der Waals surface area contributed by atoms with E-state index in [2.05, 4.69) is 53.1 Å². The molecular weight excluding hydrogens is 236 g/mol. The van der Waals surface area contributed by atoms with E-state index in [1.54, 1.807) is 0 Å². The summed E-state index contributed by atoms with van der Waals surface area (Å²) in [4.78, 5) is 0. The molecule has 18 heavy (non-hydrogen) atoms. The fourth-order valence-electron chi connectivity index (χ4n) is 2.70. The summed E-state index contributed by atoms with van der Waals surface area (Å²) in [7, 11) is -1.57. The SMILES string of the molecule is C=CC/C(O[Si](C)(C)C)=C1\C(C)=CCCC1(C)C. The molecule has 1 aliphatic rings. The van der Waals surface area contributed by atoms with Crippen LogP contribution in [0.4, 0.5) is 0 Å². The minimum atomic E-state index is -1.57. The van der Waals surface area contributed by atoms with Crippen LogP contribution in [0.1, 0.15) is 40.0 Å². The normalized spacial score (nSPS) is 22.2. The van der Waals surface area contributed by atoms with Crippen molar-refractivity contribution in [1.82, 2.24) is 0 Å². The van der Waals surface area contributed by atoms with Crippen molar-refractivity contribution >= 4 is 8.32 Å². The summed E-state index contributed by atoms with van der Waals surface area (Å²) in [6, 6.07) is 0. The van der Waals surface area contributed by atoms with Gasteiger partial charge in [0, 0.05) is 6.42 Å². The first-order valence-corrected chi connectivity index (χ1v) is 10.3. The van der Waals surface area contributed by atoms with Crippen molar-refractivity contribution in [3.8, 4) is 0 Å². The molecule has 0 aromatic carbocycles. The van der Waals surface area contributed by atoms with Crippen LogP contribution in [0, 0.1) is 5.41 Å². The van der Waals surface area contributed by atoms with Gasteiger partial charge in [-0.1, -0.05) is 26.0 Å². The van der Waals surface area contributed by atoms with Gasteiger partial charge in [0.05, 0.1) is 5.76 Å². The van der Waals surface area contributed by atoms with E-state index >= 15 is 0 Å². The van der Waals surface area contributed by atoms with Crippen molar-refractivity contribution in [2.24, 2.45) is 5.41 Å². The van der Waals surface area contributed by atoms with E-state index in [-0.39, 0.29) is 5.41 Å². The number of hydrogen-bond donors (Lipinski definition) is 0. The van der Waals surface area contributed by atoms with E-state index in [4.69, 9.17) is 4.43 Å². The van der Waals surface area contributed by atoms with Crippen LogP contribution in [0.25, 0.3) is 0 Å². The van der Waals surface area contributed by atoms with Crippen LogP contribution >= 0.6 is 0 Å². The zero-order valence-electron chi connectivity index (χ0n) is 12.9. The van der Waals surface area contributed by atoms with Gasteiger partial charge < -0.3 is 4.43 Å². The predicted octanol–water partition coefficient (Wildman–Crippen LogP) is 5.43. The highest BCUT2D eigenvalue weighted by Gasteiger charge is 2.31. The molecule has 2 heteroatoms. The van der Waals surface area contributed by atoms with Gasteiger partial charge in [0.15, 0.2) is 0 Å². The van der Waals surface area contributed by atoms with Crippen molar-refractivity contribution in [2.45, 2.75) is 59.7 Å². The second-order valence-electron chi connectivity index (χ2n) is 6.82. The maximum absolute atomic E-state index is 6.33. The van der Waals surface area contributed by atoms with E-state index in [9.17, 15) is 0 Å². The van der Waals surface area contributed by atoms with Gasteiger partial charge in [-0.25, -0.2) is 0 Å². The highest BCUT2D eigenvalue weighted by molar-refractivity contribution is 6.70. The minimum absolute atomic E-state index is 0.219. The molecule has 1 rings (SSSR count). The van der Waals surface area contributed by atoms with Crippen LogP contribution in [0.2, 0.25) is 19.6 Å². The first-order chi connectivity index (χ1) is 8.17. The van der Waals surface area contributed by atoms with Crippen LogP contribution in [0.15, 0.2) is 35.6 Å². The van der Waals surface area contributed by atoms with Gasteiger partial charge in [-0.3, -0.25) is 0 Å². The third-order valence-electron chi connectivity index (χ3n) is 3.33. The van der Waals surface area contributed by atoms with Crippen molar-refractivity contribution in [1.29, 1.82) is 0 Å². The monoisotopic (exact) mass is 264 g/mol. The summed E-state index contributed by atoms with van der Waals surface area (Å²) in [6.45, 7) is 17.5. The largest absolute Gasteiger partial charge is 0.547 e. The molecule has 0 saturated heterocycles. The quantitative estimate of drug-likeness (QED) is 0.373. The zero-order valence-corrected chi connectivity index (χ0v) is 13.9.